The summed E-state index contributed by atoms with van der Waals surface area (Å²) in [7, 11) is 4.35. The van der Waals surface area contributed by atoms with Crippen LogP contribution in [0.25, 0.3) is 0 Å². The summed E-state index contributed by atoms with van der Waals surface area (Å²) in [6, 6.07) is 0.267. The molecule has 2 heteroatoms. The first kappa shape index (κ1) is 13.5. The quantitative estimate of drug-likeness (QED) is 0.740. The van der Waals surface area contributed by atoms with E-state index in [1.165, 1.54) is 32.1 Å². The Bertz CT molecular complexity index is 254. The largest absolute Gasteiger partial charge is 0.326 e. The maximum Gasteiger partial charge on any atom is 0.0354 e. The molecule has 0 spiro atoms. The number of nitrogens with two attached hydrogens (primary N) is 1. The van der Waals surface area contributed by atoms with Gasteiger partial charge in [-0.15, -0.1) is 11.8 Å². The Morgan fingerprint density at radius 3 is 2.38 bits per heavy atom. The molecule has 16 heavy (non-hydrogen) atoms. The molecule has 0 aromatic heterocycles. The lowest BCUT2D eigenvalue weighted by Crippen LogP contribution is -2.58. The summed E-state index contributed by atoms with van der Waals surface area (Å²) in [5.74, 6) is 6.07. The van der Waals surface area contributed by atoms with Crippen LogP contribution < -0.4 is 5.73 Å². The summed E-state index contributed by atoms with van der Waals surface area (Å²) in [5.41, 5.74) is 6.65. The maximum absolute atomic E-state index is 6.42. The van der Waals surface area contributed by atoms with Gasteiger partial charge in [0.05, 0.1) is 0 Å². The summed E-state index contributed by atoms with van der Waals surface area (Å²) in [6.45, 7) is 1.90. The van der Waals surface area contributed by atoms with E-state index in [1.54, 1.807) is 0 Å². The van der Waals surface area contributed by atoms with Crippen LogP contribution in [0.15, 0.2) is 0 Å². The van der Waals surface area contributed by atoms with Crippen molar-refractivity contribution in [1.29, 1.82) is 0 Å². The third kappa shape index (κ3) is 2.99. The van der Waals surface area contributed by atoms with Crippen molar-refractivity contribution in [2.75, 3.05) is 14.1 Å². The molecule has 1 aliphatic carbocycles. The minimum atomic E-state index is 0.230. The minimum Gasteiger partial charge on any atom is -0.326 e. The Balaban J connectivity index is 2.63. The van der Waals surface area contributed by atoms with E-state index >= 15 is 0 Å². The van der Waals surface area contributed by atoms with Gasteiger partial charge >= 0.3 is 0 Å². The minimum absolute atomic E-state index is 0.230. The van der Waals surface area contributed by atoms with E-state index in [1.807, 2.05) is 6.92 Å². The molecule has 1 atom stereocenters. The van der Waals surface area contributed by atoms with Crippen LogP contribution in [0, 0.1) is 11.8 Å². The first-order valence-electron chi connectivity index (χ1n) is 6.46. The van der Waals surface area contributed by atoms with Gasteiger partial charge in [0.2, 0.25) is 0 Å². The molecule has 0 aromatic carbocycles. The van der Waals surface area contributed by atoms with Gasteiger partial charge in [-0.3, -0.25) is 0 Å². The summed E-state index contributed by atoms with van der Waals surface area (Å²) >= 11 is 0. The van der Waals surface area contributed by atoms with Gasteiger partial charge in [-0.05, 0) is 40.3 Å². The molecular formula is C14H26N2. The molecule has 0 bridgehead atoms. The summed E-state index contributed by atoms with van der Waals surface area (Å²) in [4.78, 5) is 2.36. The third-order valence-corrected chi connectivity index (χ3v) is 4.06. The highest BCUT2D eigenvalue weighted by Crippen LogP contribution is 2.35. The van der Waals surface area contributed by atoms with Crippen molar-refractivity contribution in [1.82, 2.24) is 4.90 Å². The van der Waals surface area contributed by atoms with E-state index in [0.29, 0.717) is 0 Å². The fraction of sp³-hybridized carbons (Fsp3) is 0.857. The highest BCUT2D eigenvalue weighted by Gasteiger charge is 2.39. The van der Waals surface area contributed by atoms with Crippen LogP contribution in [0.4, 0.5) is 0 Å². The lowest BCUT2D eigenvalue weighted by Gasteiger charge is -2.47. The molecule has 2 N–H and O–H groups in total. The Kier molecular flexibility index (Phi) is 5.31. The van der Waals surface area contributed by atoms with Crippen molar-refractivity contribution in [3.63, 3.8) is 0 Å². The van der Waals surface area contributed by atoms with Crippen LogP contribution in [0.3, 0.4) is 0 Å². The standard InChI is InChI=1S/C14H26N2/c1-4-5-7-10-13(15)14(16(2)3)11-8-6-9-12-14/h13H,6-12,15H2,1-3H3. The predicted octanol–water partition coefficient (Wildman–Crippen LogP) is 2.38. The van der Waals surface area contributed by atoms with Crippen LogP contribution in [0.5, 0.6) is 0 Å². The smallest absolute Gasteiger partial charge is 0.0354 e. The zero-order chi connectivity index (χ0) is 12.0. The fourth-order valence-corrected chi connectivity index (χ4v) is 2.94. The monoisotopic (exact) mass is 222 g/mol. The van der Waals surface area contributed by atoms with Crippen molar-refractivity contribution in [2.45, 2.75) is 63.5 Å². The Hall–Kier alpha value is -0.520. The molecular weight excluding hydrogens is 196 g/mol. The van der Waals surface area contributed by atoms with E-state index < -0.39 is 0 Å². The average Bonchev–Trinajstić information content (AvgIpc) is 2.30. The van der Waals surface area contributed by atoms with Crippen molar-refractivity contribution >= 4 is 0 Å². The molecule has 2 nitrogen and oxygen atoms in total. The fourth-order valence-electron chi connectivity index (χ4n) is 2.94. The van der Waals surface area contributed by atoms with Crippen molar-refractivity contribution < 1.29 is 0 Å². The van der Waals surface area contributed by atoms with Gasteiger partial charge in [0, 0.05) is 18.0 Å². The van der Waals surface area contributed by atoms with Crippen molar-refractivity contribution in [3.8, 4) is 11.8 Å². The highest BCUT2D eigenvalue weighted by molar-refractivity contribution is 5.02. The Morgan fingerprint density at radius 1 is 1.25 bits per heavy atom. The second kappa shape index (κ2) is 6.27. The van der Waals surface area contributed by atoms with Gasteiger partial charge in [0.15, 0.2) is 0 Å². The van der Waals surface area contributed by atoms with Crippen LogP contribution >= 0.6 is 0 Å². The van der Waals surface area contributed by atoms with E-state index in [9.17, 15) is 0 Å². The van der Waals surface area contributed by atoms with Gasteiger partial charge in [-0.1, -0.05) is 19.3 Å². The Morgan fingerprint density at radius 2 is 1.88 bits per heavy atom. The van der Waals surface area contributed by atoms with Gasteiger partial charge in [0.1, 0.15) is 0 Å². The number of rotatable bonds is 4. The van der Waals surface area contributed by atoms with Crippen LogP contribution in [-0.4, -0.2) is 30.6 Å². The topological polar surface area (TPSA) is 29.3 Å². The first-order chi connectivity index (χ1) is 7.63. The average molecular weight is 222 g/mol. The summed E-state index contributed by atoms with van der Waals surface area (Å²) in [5, 5.41) is 0. The first-order valence-corrected chi connectivity index (χ1v) is 6.46. The van der Waals surface area contributed by atoms with Crippen LogP contribution in [0.2, 0.25) is 0 Å². The highest BCUT2D eigenvalue weighted by atomic mass is 15.2. The SMILES string of the molecule is CC#CCCC(N)C1(N(C)C)CCCCC1. The van der Waals surface area contributed by atoms with Crippen LogP contribution in [0.1, 0.15) is 51.9 Å². The normalized spacial score (nSPS) is 21.3. The summed E-state index contributed by atoms with van der Waals surface area (Å²) < 4.78 is 0. The molecule has 1 aliphatic rings. The number of hydrogen-bond acceptors (Lipinski definition) is 2. The van der Waals surface area contributed by atoms with E-state index in [0.717, 1.165) is 12.8 Å². The summed E-state index contributed by atoms with van der Waals surface area (Å²) in [6.07, 6.45) is 8.49. The third-order valence-electron chi connectivity index (χ3n) is 4.06. The second-order valence-corrected chi connectivity index (χ2v) is 5.13. The van der Waals surface area contributed by atoms with Crippen molar-refractivity contribution in [2.24, 2.45) is 5.73 Å². The molecule has 0 aromatic rings. The van der Waals surface area contributed by atoms with E-state index in [2.05, 4.69) is 30.8 Å². The van der Waals surface area contributed by atoms with Gasteiger partial charge in [0.25, 0.3) is 0 Å². The molecule has 0 saturated heterocycles. The lowest BCUT2D eigenvalue weighted by molar-refractivity contribution is 0.0690. The predicted molar refractivity (Wildman–Crippen MR) is 70.2 cm³/mol. The maximum atomic E-state index is 6.42. The molecule has 0 heterocycles. The molecule has 1 rings (SSSR count). The molecule has 0 aliphatic heterocycles. The van der Waals surface area contributed by atoms with Gasteiger partial charge < -0.3 is 10.6 Å². The molecule has 0 amide bonds. The molecule has 92 valence electrons. The Labute approximate surface area is 101 Å². The molecule has 1 fully saturated rings. The zero-order valence-corrected chi connectivity index (χ0v) is 11.1. The van der Waals surface area contributed by atoms with Gasteiger partial charge in [-0.2, -0.15) is 0 Å². The van der Waals surface area contributed by atoms with Crippen LogP contribution in [-0.2, 0) is 0 Å². The lowest BCUT2D eigenvalue weighted by atomic mass is 9.74. The molecule has 1 unspecified atom stereocenters. The molecule has 0 radical (unpaired) electrons. The van der Waals surface area contributed by atoms with E-state index in [4.69, 9.17) is 5.73 Å². The number of nitrogens with zero attached hydrogens (tertiary/aromatic N) is 1. The van der Waals surface area contributed by atoms with Gasteiger partial charge in [-0.25, -0.2) is 0 Å². The molecule has 1 saturated carbocycles. The number of likely N-dealkylation sites (N-methyl/N-ethyl adjacent to an activating group) is 1. The number of hydrogen-bond donors (Lipinski definition) is 1. The van der Waals surface area contributed by atoms with E-state index in [-0.39, 0.29) is 11.6 Å². The second-order valence-electron chi connectivity index (χ2n) is 5.13. The van der Waals surface area contributed by atoms with Crippen molar-refractivity contribution in [3.05, 3.63) is 0 Å². The zero-order valence-electron chi connectivity index (χ0n) is 11.1.